The third-order valence-electron chi connectivity index (χ3n) is 5.76. The van der Waals surface area contributed by atoms with E-state index in [1.54, 1.807) is 0 Å². The van der Waals surface area contributed by atoms with Gasteiger partial charge in [0.15, 0.2) is 0 Å². The molecule has 178 valence electrons. The zero-order chi connectivity index (χ0) is 23.9. The Bertz CT molecular complexity index is 654. The van der Waals surface area contributed by atoms with Crippen molar-refractivity contribution in [1.29, 1.82) is 0 Å². The van der Waals surface area contributed by atoms with Crippen molar-refractivity contribution in [3.8, 4) is 0 Å². The Hall–Kier alpha value is -2.20. The summed E-state index contributed by atoms with van der Waals surface area (Å²) >= 11 is 0. The van der Waals surface area contributed by atoms with Crippen molar-refractivity contribution in [2.24, 2.45) is 17.6 Å². The van der Waals surface area contributed by atoms with Crippen LogP contribution >= 0.6 is 0 Å². The maximum atomic E-state index is 13.3. The first-order valence-electron chi connectivity index (χ1n) is 11.0. The highest BCUT2D eigenvalue weighted by Crippen LogP contribution is 2.22. The van der Waals surface area contributed by atoms with E-state index in [-0.39, 0.29) is 18.3 Å². The van der Waals surface area contributed by atoms with E-state index in [2.05, 4.69) is 10.6 Å². The minimum atomic E-state index is -1.18. The summed E-state index contributed by atoms with van der Waals surface area (Å²) < 4.78 is 0. The first-order chi connectivity index (χ1) is 14.4. The van der Waals surface area contributed by atoms with E-state index in [0.717, 1.165) is 0 Å². The summed E-state index contributed by atoms with van der Waals surface area (Å²) in [4.78, 5) is 51.4. The number of hydrogen-bond donors (Lipinski definition) is 5. The van der Waals surface area contributed by atoms with E-state index < -0.39 is 54.0 Å². The molecule has 0 bridgehead atoms. The molecule has 3 amide bonds. The second-order valence-electron chi connectivity index (χ2n) is 8.86. The molecular formula is C21H38N4O6. The average molecular weight is 443 g/mol. The Morgan fingerprint density at radius 3 is 2.23 bits per heavy atom. The SMILES string of the molecule is CCC(C)C(NC(=O)C(N)C(C)O)C(=O)N1CCCC1C(=O)NC(CC(C)C)C(=O)O. The molecule has 10 nitrogen and oxygen atoms in total. The summed E-state index contributed by atoms with van der Waals surface area (Å²) in [6.07, 6.45) is 0.817. The topological polar surface area (TPSA) is 162 Å². The predicted molar refractivity (Wildman–Crippen MR) is 115 cm³/mol. The van der Waals surface area contributed by atoms with Gasteiger partial charge >= 0.3 is 5.97 Å². The van der Waals surface area contributed by atoms with Crippen LogP contribution in [0.1, 0.15) is 60.3 Å². The number of aliphatic carboxylic acids is 1. The number of carbonyl (C=O) groups is 4. The monoisotopic (exact) mass is 442 g/mol. The maximum Gasteiger partial charge on any atom is 0.326 e. The van der Waals surface area contributed by atoms with Gasteiger partial charge in [0.2, 0.25) is 17.7 Å². The molecule has 0 aromatic rings. The first kappa shape index (κ1) is 26.8. The standard InChI is InChI=1S/C21H38N4O6/c1-6-12(4)17(24-19(28)16(22)13(5)26)20(29)25-9-7-8-15(25)18(27)23-14(21(30)31)10-11(2)3/h11-17,26H,6-10,22H2,1-5H3,(H,23,27)(H,24,28)(H,30,31). The minimum absolute atomic E-state index is 0.0748. The van der Waals surface area contributed by atoms with E-state index in [0.29, 0.717) is 25.8 Å². The zero-order valence-electron chi connectivity index (χ0n) is 19.1. The van der Waals surface area contributed by atoms with Gasteiger partial charge < -0.3 is 31.5 Å². The third kappa shape index (κ3) is 7.46. The average Bonchev–Trinajstić information content (AvgIpc) is 3.19. The van der Waals surface area contributed by atoms with Crippen molar-refractivity contribution in [2.45, 2.75) is 90.6 Å². The zero-order valence-corrected chi connectivity index (χ0v) is 19.1. The van der Waals surface area contributed by atoms with Crippen LogP contribution in [0.15, 0.2) is 0 Å². The van der Waals surface area contributed by atoms with Crippen molar-refractivity contribution in [2.75, 3.05) is 6.54 Å². The lowest BCUT2D eigenvalue weighted by Gasteiger charge is -2.32. The quantitative estimate of drug-likeness (QED) is 0.297. The van der Waals surface area contributed by atoms with Crippen molar-refractivity contribution < 1.29 is 29.4 Å². The summed E-state index contributed by atoms with van der Waals surface area (Å²) in [5.74, 6) is -2.82. The number of likely N-dealkylation sites (tertiary alicyclic amines) is 1. The molecular weight excluding hydrogens is 404 g/mol. The van der Waals surface area contributed by atoms with Crippen LogP contribution in [0.3, 0.4) is 0 Å². The molecule has 10 heteroatoms. The Balaban J connectivity index is 2.99. The number of aliphatic hydroxyl groups is 1. The fraction of sp³-hybridized carbons (Fsp3) is 0.810. The maximum absolute atomic E-state index is 13.3. The fourth-order valence-electron chi connectivity index (χ4n) is 3.59. The van der Waals surface area contributed by atoms with Crippen molar-refractivity contribution in [1.82, 2.24) is 15.5 Å². The molecule has 6 atom stereocenters. The lowest BCUT2D eigenvalue weighted by molar-refractivity contribution is -0.145. The number of hydrogen-bond acceptors (Lipinski definition) is 6. The Morgan fingerprint density at radius 1 is 1.13 bits per heavy atom. The molecule has 1 aliphatic rings. The number of carbonyl (C=O) groups excluding carboxylic acids is 3. The van der Waals surface area contributed by atoms with Crippen LogP contribution in [0.2, 0.25) is 0 Å². The number of carboxylic acids is 1. The summed E-state index contributed by atoms with van der Waals surface area (Å²) in [6, 6.07) is -3.90. The number of carboxylic acid groups (broad SMARTS) is 1. The van der Waals surface area contributed by atoms with Crippen molar-refractivity contribution >= 4 is 23.7 Å². The summed E-state index contributed by atoms with van der Waals surface area (Å²) in [6.45, 7) is 9.15. The van der Waals surface area contributed by atoms with Gasteiger partial charge in [-0.05, 0) is 38.0 Å². The Morgan fingerprint density at radius 2 is 1.74 bits per heavy atom. The summed E-state index contributed by atoms with van der Waals surface area (Å²) in [7, 11) is 0. The van der Waals surface area contributed by atoms with Gasteiger partial charge in [0.05, 0.1) is 6.10 Å². The lowest BCUT2D eigenvalue weighted by Crippen LogP contribution is -2.59. The van der Waals surface area contributed by atoms with Gasteiger partial charge in [0.1, 0.15) is 24.2 Å². The highest BCUT2D eigenvalue weighted by atomic mass is 16.4. The van der Waals surface area contributed by atoms with Gasteiger partial charge in [-0.15, -0.1) is 0 Å². The number of amides is 3. The van der Waals surface area contributed by atoms with Crippen molar-refractivity contribution in [3.05, 3.63) is 0 Å². The molecule has 1 heterocycles. The Labute approximate surface area is 183 Å². The van der Waals surface area contributed by atoms with E-state index in [9.17, 15) is 29.4 Å². The van der Waals surface area contributed by atoms with Crippen LogP contribution in [0.4, 0.5) is 0 Å². The second-order valence-corrected chi connectivity index (χ2v) is 8.86. The first-order valence-corrected chi connectivity index (χ1v) is 11.0. The smallest absolute Gasteiger partial charge is 0.326 e. The molecule has 6 unspecified atom stereocenters. The molecule has 0 aromatic heterocycles. The van der Waals surface area contributed by atoms with Gasteiger partial charge in [-0.3, -0.25) is 14.4 Å². The van der Waals surface area contributed by atoms with Crippen LogP contribution < -0.4 is 16.4 Å². The number of rotatable bonds is 11. The van der Waals surface area contributed by atoms with Gasteiger partial charge in [-0.2, -0.15) is 0 Å². The molecule has 1 saturated heterocycles. The molecule has 0 spiro atoms. The van der Waals surface area contributed by atoms with Gasteiger partial charge in [0.25, 0.3) is 0 Å². The van der Waals surface area contributed by atoms with E-state index in [1.165, 1.54) is 11.8 Å². The molecule has 1 aliphatic heterocycles. The molecule has 0 saturated carbocycles. The number of nitrogens with zero attached hydrogens (tertiary/aromatic N) is 1. The minimum Gasteiger partial charge on any atom is -0.480 e. The number of nitrogens with one attached hydrogen (secondary N) is 2. The number of nitrogens with two attached hydrogens (primary N) is 1. The van der Waals surface area contributed by atoms with E-state index in [4.69, 9.17) is 5.73 Å². The molecule has 1 fully saturated rings. The van der Waals surface area contributed by atoms with Crippen molar-refractivity contribution in [3.63, 3.8) is 0 Å². The highest BCUT2D eigenvalue weighted by molar-refractivity contribution is 5.94. The van der Waals surface area contributed by atoms with E-state index in [1.807, 2.05) is 27.7 Å². The molecule has 1 rings (SSSR count). The molecule has 0 aliphatic carbocycles. The lowest BCUT2D eigenvalue weighted by atomic mass is 9.96. The van der Waals surface area contributed by atoms with Gasteiger partial charge in [-0.25, -0.2) is 4.79 Å². The highest BCUT2D eigenvalue weighted by Gasteiger charge is 2.40. The number of aliphatic hydroxyl groups excluding tert-OH is 1. The molecule has 6 N–H and O–H groups in total. The summed E-state index contributed by atoms with van der Waals surface area (Å²) in [5.41, 5.74) is 5.70. The molecule has 31 heavy (non-hydrogen) atoms. The van der Waals surface area contributed by atoms with Crippen LogP contribution in [-0.2, 0) is 19.2 Å². The van der Waals surface area contributed by atoms with Crippen LogP contribution in [0.5, 0.6) is 0 Å². The second kappa shape index (κ2) is 12.0. The summed E-state index contributed by atoms with van der Waals surface area (Å²) in [5, 5.41) is 24.2. The largest absolute Gasteiger partial charge is 0.480 e. The normalized spacial score (nSPS) is 21.2. The third-order valence-corrected chi connectivity index (χ3v) is 5.76. The van der Waals surface area contributed by atoms with Gasteiger partial charge in [-0.1, -0.05) is 34.1 Å². The fourth-order valence-corrected chi connectivity index (χ4v) is 3.59. The molecule has 0 radical (unpaired) electrons. The van der Waals surface area contributed by atoms with E-state index >= 15 is 0 Å². The van der Waals surface area contributed by atoms with Crippen LogP contribution in [0, 0.1) is 11.8 Å². The predicted octanol–water partition coefficient (Wildman–Crippen LogP) is -0.168. The van der Waals surface area contributed by atoms with Gasteiger partial charge in [0, 0.05) is 6.54 Å². The van der Waals surface area contributed by atoms with Crippen LogP contribution in [-0.4, -0.2) is 75.6 Å². The molecule has 0 aromatic carbocycles. The Kier molecular flexibility index (Phi) is 10.4. The van der Waals surface area contributed by atoms with Crippen LogP contribution in [0.25, 0.3) is 0 Å².